The molecule has 13 nitrogen and oxygen atoms in total. The van der Waals surface area contributed by atoms with Crippen molar-refractivity contribution in [2.45, 2.75) is 50.6 Å². The number of esters is 1. The van der Waals surface area contributed by atoms with E-state index >= 15 is 0 Å². The Balaban J connectivity index is 1.67. The first-order valence-corrected chi connectivity index (χ1v) is 17.5. The number of carbonyl (C=O) groups is 4. The number of carbonyl (C=O) groups excluding carboxylic acids is 4. The molecule has 0 fully saturated rings. The number of para-hydroxylation sites is 1. The number of nitrogens with two attached hydrogens (primary N) is 1. The van der Waals surface area contributed by atoms with Crippen LogP contribution >= 0.6 is 7.82 Å². The van der Waals surface area contributed by atoms with Gasteiger partial charge in [0, 0.05) is 35.8 Å². The Labute approximate surface area is 303 Å². The van der Waals surface area contributed by atoms with Crippen molar-refractivity contribution in [2.24, 2.45) is 22.6 Å². The molecule has 1 heterocycles. The van der Waals surface area contributed by atoms with E-state index in [0.717, 1.165) is 4.90 Å². The monoisotopic (exact) mass is 786 g/mol. The lowest BCUT2D eigenvalue weighted by Gasteiger charge is -2.28. The zero-order valence-electron chi connectivity index (χ0n) is 27.9. The molecule has 0 aliphatic carbocycles. The molecule has 0 spiro atoms. The van der Waals surface area contributed by atoms with E-state index in [1.54, 1.807) is 42.5 Å². The van der Waals surface area contributed by atoms with Gasteiger partial charge in [-0.2, -0.15) is 26.3 Å². The number of fused-ring (bicyclic) bond motifs is 1. The van der Waals surface area contributed by atoms with Crippen molar-refractivity contribution >= 4 is 42.9 Å². The SMILES string of the molecule is NC(=O)[C@@H](CCC(F)(F)F)[C@@H](CCC(F)(F)F)C(=O)N[C@H]1N=C(c2ccccc2)c2ccccc2N(COC(=O)Cc2ccc(OP(=O)(O)O)cc2)C1=O. The summed E-state index contributed by atoms with van der Waals surface area (Å²) < 4.78 is 100. The number of hydrogen-bond donors (Lipinski definition) is 4. The number of phosphoric ester groups is 1. The van der Waals surface area contributed by atoms with Gasteiger partial charge in [0.25, 0.3) is 5.91 Å². The largest absolute Gasteiger partial charge is 0.524 e. The zero-order chi connectivity index (χ0) is 39.8. The molecule has 3 aromatic rings. The third-order valence-corrected chi connectivity index (χ3v) is 8.50. The maximum atomic E-state index is 14.2. The van der Waals surface area contributed by atoms with E-state index in [0.29, 0.717) is 16.7 Å². The summed E-state index contributed by atoms with van der Waals surface area (Å²) in [4.78, 5) is 76.4. The fourth-order valence-corrected chi connectivity index (χ4v) is 5.98. The lowest BCUT2D eigenvalue weighted by Crippen LogP contribution is -2.51. The minimum atomic E-state index is -4.87. The van der Waals surface area contributed by atoms with Gasteiger partial charge in [0.05, 0.1) is 17.8 Å². The van der Waals surface area contributed by atoms with Crippen LogP contribution < -0.4 is 20.5 Å². The first-order valence-electron chi connectivity index (χ1n) is 16.0. The minimum Gasteiger partial charge on any atom is -0.444 e. The molecule has 0 saturated carbocycles. The maximum Gasteiger partial charge on any atom is 0.524 e. The van der Waals surface area contributed by atoms with E-state index in [1.165, 1.54) is 36.4 Å². The smallest absolute Gasteiger partial charge is 0.444 e. The molecule has 0 aromatic heterocycles. The number of halogens is 6. The Kier molecular flexibility index (Phi) is 13.3. The van der Waals surface area contributed by atoms with Gasteiger partial charge < -0.3 is 20.3 Å². The number of rotatable bonds is 15. The molecule has 3 aromatic carbocycles. The van der Waals surface area contributed by atoms with Gasteiger partial charge in [0.2, 0.25) is 18.0 Å². The molecule has 54 heavy (non-hydrogen) atoms. The number of primary amides is 1. The number of benzene rings is 3. The molecule has 1 aliphatic rings. The molecule has 3 atom stereocenters. The van der Waals surface area contributed by atoms with Gasteiger partial charge in [0.15, 0.2) is 6.73 Å². The van der Waals surface area contributed by atoms with Crippen LogP contribution in [0.15, 0.2) is 83.9 Å². The van der Waals surface area contributed by atoms with E-state index in [4.69, 9.17) is 20.3 Å². The van der Waals surface area contributed by atoms with Crippen LogP contribution in [0.4, 0.5) is 32.0 Å². The number of alkyl halides is 6. The van der Waals surface area contributed by atoms with E-state index in [-0.39, 0.29) is 23.6 Å². The molecule has 20 heteroatoms. The Morgan fingerprint density at radius 2 is 1.44 bits per heavy atom. The van der Waals surface area contributed by atoms with E-state index in [2.05, 4.69) is 14.8 Å². The van der Waals surface area contributed by atoms with Crippen LogP contribution in [-0.2, 0) is 34.9 Å². The number of benzodiazepines with no additional fused rings is 1. The number of phosphoric acid groups is 1. The normalized spacial score (nSPS) is 16.0. The van der Waals surface area contributed by atoms with Gasteiger partial charge in [-0.05, 0) is 36.6 Å². The van der Waals surface area contributed by atoms with Crippen LogP contribution in [0.1, 0.15) is 42.4 Å². The van der Waals surface area contributed by atoms with Crippen LogP contribution in [-0.4, -0.2) is 64.4 Å². The summed E-state index contributed by atoms with van der Waals surface area (Å²) in [5.74, 6) is -9.03. The third kappa shape index (κ3) is 12.1. The number of nitrogens with one attached hydrogen (secondary N) is 1. The number of anilines is 1. The molecule has 0 saturated heterocycles. The highest BCUT2D eigenvalue weighted by molar-refractivity contribution is 7.46. The highest BCUT2D eigenvalue weighted by Gasteiger charge is 2.41. The van der Waals surface area contributed by atoms with Gasteiger partial charge in [-0.25, -0.2) is 9.56 Å². The number of ether oxygens (including phenoxy) is 1. The first kappa shape index (κ1) is 41.5. The average Bonchev–Trinajstić information content (AvgIpc) is 3.18. The zero-order valence-corrected chi connectivity index (χ0v) is 28.8. The molecular formula is C34H33F6N4O9P. The molecule has 0 unspecified atom stereocenters. The highest BCUT2D eigenvalue weighted by Crippen LogP contribution is 2.37. The molecule has 290 valence electrons. The van der Waals surface area contributed by atoms with E-state index in [1.807, 2.05) is 0 Å². The summed E-state index contributed by atoms with van der Waals surface area (Å²) in [6, 6.07) is 19.4. The molecule has 0 radical (unpaired) electrons. The topological polar surface area (TPSA) is 198 Å². The Hall–Kier alpha value is -5.26. The summed E-state index contributed by atoms with van der Waals surface area (Å²) in [6.45, 7) is -0.787. The van der Waals surface area contributed by atoms with Crippen LogP contribution in [0.3, 0.4) is 0 Å². The van der Waals surface area contributed by atoms with Crippen LogP contribution in [0.25, 0.3) is 0 Å². The van der Waals surface area contributed by atoms with Gasteiger partial charge in [-0.15, -0.1) is 0 Å². The van der Waals surface area contributed by atoms with Crippen molar-refractivity contribution in [3.05, 3.63) is 95.6 Å². The number of aliphatic imine (C=N–C) groups is 1. The number of amides is 3. The molecule has 3 amide bonds. The van der Waals surface area contributed by atoms with Crippen LogP contribution in [0.5, 0.6) is 5.75 Å². The maximum absolute atomic E-state index is 14.2. The summed E-state index contributed by atoms with van der Waals surface area (Å²) in [6.07, 6.45) is -17.6. The highest BCUT2D eigenvalue weighted by atomic mass is 31.2. The fourth-order valence-electron chi connectivity index (χ4n) is 5.58. The molecule has 0 bridgehead atoms. The molecular weight excluding hydrogens is 753 g/mol. The fraction of sp³-hybridized carbons (Fsp3) is 0.324. The lowest BCUT2D eigenvalue weighted by molar-refractivity contribution is -0.152. The van der Waals surface area contributed by atoms with Crippen molar-refractivity contribution in [3.8, 4) is 5.75 Å². The first-order chi connectivity index (χ1) is 25.2. The van der Waals surface area contributed by atoms with Gasteiger partial charge in [-0.1, -0.05) is 60.7 Å². The predicted octanol–water partition coefficient (Wildman–Crippen LogP) is 4.93. The molecule has 1 aliphatic heterocycles. The third-order valence-electron chi connectivity index (χ3n) is 8.05. The van der Waals surface area contributed by atoms with E-state index in [9.17, 15) is 50.1 Å². The standard InChI is InChI=1S/C34H33F6N4O9P/c35-33(36,37)16-14-23(29(41)46)24(15-17-34(38,39)40)31(47)43-30-32(48)44(19-52-27(45)18-20-10-12-22(13-11-20)53-54(49,50)51)26-9-5-4-8-25(26)28(42-30)21-6-2-1-3-7-21/h1-13,23-24,30H,14-19H2,(H2,41,46)(H,43,47)(H2,49,50,51)/t23-,24+,30+/m0/s1. The molecule has 5 N–H and O–H groups in total. The number of hydrogen-bond acceptors (Lipinski definition) is 8. The van der Waals surface area contributed by atoms with Crippen molar-refractivity contribution in [1.29, 1.82) is 0 Å². The van der Waals surface area contributed by atoms with Crippen LogP contribution in [0.2, 0.25) is 0 Å². The van der Waals surface area contributed by atoms with Gasteiger partial charge >= 0.3 is 26.1 Å². The predicted molar refractivity (Wildman–Crippen MR) is 178 cm³/mol. The van der Waals surface area contributed by atoms with Crippen molar-refractivity contribution < 1.29 is 69.1 Å². The second-order valence-corrected chi connectivity index (χ2v) is 13.2. The van der Waals surface area contributed by atoms with Crippen molar-refractivity contribution in [3.63, 3.8) is 0 Å². The second kappa shape index (κ2) is 17.3. The Bertz CT molecular complexity index is 1900. The van der Waals surface area contributed by atoms with Crippen molar-refractivity contribution in [1.82, 2.24) is 5.32 Å². The Morgan fingerprint density at radius 3 is 2.02 bits per heavy atom. The lowest BCUT2D eigenvalue weighted by atomic mass is 9.83. The van der Waals surface area contributed by atoms with E-state index < -0.39 is 94.3 Å². The molecule has 4 rings (SSSR count). The van der Waals surface area contributed by atoms with Crippen LogP contribution in [0, 0.1) is 11.8 Å². The number of nitrogens with zero attached hydrogens (tertiary/aromatic N) is 2. The van der Waals surface area contributed by atoms with Crippen molar-refractivity contribution in [2.75, 3.05) is 11.6 Å². The summed E-state index contributed by atoms with van der Waals surface area (Å²) in [7, 11) is -4.84. The average molecular weight is 787 g/mol. The second-order valence-electron chi connectivity index (χ2n) is 12.0. The summed E-state index contributed by atoms with van der Waals surface area (Å²) in [5, 5.41) is 2.21. The Morgan fingerprint density at radius 1 is 0.870 bits per heavy atom. The summed E-state index contributed by atoms with van der Waals surface area (Å²) in [5.41, 5.74) is 6.56. The van der Waals surface area contributed by atoms with Gasteiger partial charge in [0.1, 0.15) is 5.75 Å². The minimum absolute atomic E-state index is 0.103. The summed E-state index contributed by atoms with van der Waals surface area (Å²) >= 11 is 0. The quantitative estimate of drug-likeness (QED) is 0.0938. The van der Waals surface area contributed by atoms with Gasteiger partial charge in [-0.3, -0.25) is 33.9 Å².